The Morgan fingerprint density at radius 1 is 1.50 bits per heavy atom. The lowest BCUT2D eigenvalue weighted by Gasteiger charge is -2.19. The summed E-state index contributed by atoms with van der Waals surface area (Å²) in [4.78, 5) is 10.2. The molecular weight excluding hydrogens is 397 g/mol. The van der Waals surface area contributed by atoms with Gasteiger partial charge in [0.25, 0.3) is 12.3 Å². The van der Waals surface area contributed by atoms with Crippen LogP contribution >= 0.6 is 30.5 Å². The molecule has 0 saturated carbocycles. The molecule has 13 heteroatoms. The van der Waals surface area contributed by atoms with Crippen LogP contribution in [-0.2, 0) is 20.9 Å². The Morgan fingerprint density at radius 2 is 2.12 bits per heavy atom. The molecule has 1 aromatic rings. The molecule has 0 aliphatic heterocycles. The van der Waals surface area contributed by atoms with Crippen LogP contribution in [0.3, 0.4) is 0 Å². The smallest absolute Gasteiger partial charge is 0.295 e. The molecule has 24 heavy (non-hydrogen) atoms. The molecule has 2 N–H and O–H groups in total. The predicted octanol–water partition coefficient (Wildman–Crippen LogP) is 2.97. The molecule has 0 aliphatic rings. The minimum absolute atomic E-state index is 0.0397. The zero-order chi connectivity index (χ0) is 18.3. The summed E-state index contributed by atoms with van der Waals surface area (Å²) in [5, 5.41) is 26.7. The average molecular weight is 408 g/mol. The van der Waals surface area contributed by atoms with E-state index in [2.05, 4.69) is 15.6 Å². The van der Waals surface area contributed by atoms with Gasteiger partial charge in [-0.1, -0.05) is 23.8 Å². The first-order valence-electron chi connectivity index (χ1n) is 5.98. The highest BCUT2D eigenvalue weighted by atomic mass is 35.5. The maximum Gasteiger partial charge on any atom is 0.295 e. The fraction of sp³-hybridized carbons (Fsp3) is 0.182. The molecule has 0 radical (unpaired) electrons. The Bertz CT molecular complexity index is 774. The summed E-state index contributed by atoms with van der Waals surface area (Å²) in [5.74, 6) is 0. The topological polar surface area (TPSA) is 122 Å². The van der Waals surface area contributed by atoms with Crippen molar-refractivity contribution in [3.8, 4) is 6.07 Å². The van der Waals surface area contributed by atoms with Crippen molar-refractivity contribution in [2.75, 3.05) is 19.6 Å². The van der Waals surface area contributed by atoms with Gasteiger partial charge in [0.1, 0.15) is 16.7 Å². The van der Waals surface area contributed by atoms with Gasteiger partial charge >= 0.3 is 0 Å². The Balaban J connectivity index is 3.03. The van der Waals surface area contributed by atoms with E-state index >= 15 is 0 Å². The van der Waals surface area contributed by atoms with E-state index in [0.29, 0.717) is 0 Å². The van der Waals surface area contributed by atoms with E-state index in [-0.39, 0.29) is 27.1 Å². The molecule has 1 aromatic carbocycles. The third-order valence-corrected chi connectivity index (χ3v) is 5.79. The summed E-state index contributed by atoms with van der Waals surface area (Å²) in [6, 6.07) is 5.69. The van der Waals surface area contributed by atoms with E-state index in [4.69, 9.17) is 49.9 Å². The number of anilines is 1. The van der Waals surface area contributed by atoms with Crippen molar-refractivity contribution in [1.82, 2.24) is 5.09 Å². The zero-order valence-electron chi connectivity index (χ0n) is 12.3. The largest absolute Gasteiger partial charge is 0.317 e. The van der Waals surface area contributed by atoms with Crippen molar-refractivity contribution in [3.05, 3.63) is 33.3 Å². The molecule has 0 aliphatic carbocycles. The number of hydrogen-bond acceptors (Lipinski definition) is 9. The maximum atomic E-state index is 11.0. The summed E-state index contributed by atoms with van der Waals surface area (Å²) in [6.07, 6.45) is 0. The number of nitro groups is 1. The second kappa shape index (κ2) is 8.98. The first-order valence-corrected chi connectivity index (χ1v) is 9.40. The zero-order valence-corrected chi connectivity index (χ0v) is 15.6. The summed E-state index contributed by atoms with van der Waals surface area (Å²) in [5.41, 5.74) is 1.89. The van der Waals surface area contributed by atoms with Crippen molar-refractivity contribution in [1.29, 1.82) is 5.26 Å². The van der Waals surface area contributed by atoms with Gasteiger partial charge in [-0.05, 0) is 23.9 Å². The first kappa shape index (κ1) is 20.4. The van der Waals surface area contributed by atoms with Gasteiger partial charge in [0, 0.05) is 25.3 Å². The lowest BCUT2D eigenvalue weighted by atomic mass is 10.3. The molecular formula is C11H11ClN5O4PS2. The van der Waals surface area contributed by atoms with Crippen molar-refractivity contribution >= 4 is 64.3 Å². The van der Waals surface area contributed by atoms with Crippen LogP contribution < -0.4 is 10.5 Å². The SMILES string of the molecule is COP(=S)(NC(=S)C(C#N)=NNc1ccc(Cl)cc1[N+](=O)[O-])OC. The van der Waals surface area contributed by atoms with E-state index in [9.17, 15) is 10.1 Å². The molecule has 9 nitrogen and oxygen atoms in total. The molecule has 0 saturated heterocycles. The van der Waals surface area contributed by atoms with Crippen LogP contribution in [0.1, 0.15) is 0 Å². The lowest BCUT2D eigenvalue weighted by Crippen LogP contribution is -2.27. The molecule has 0 spiro atoms. The van der Waals surface area contributed by atoms with Crippen LogP contribution in [0.5, 0.6) is 0 Å². The minimum Gasteiger partial charge on any atom is -0.317 e. The molecule has 128 valence electrons. The standard InChI is InChI=1S/C11H11ClN5O4PS2/c1-20-22(24,21-2)16-11(23)9(6-13)15-14-8-4-3-7(12)5-10(8)17(18)19/h3-5,14H,1-2H3,(H,16,23,24). The normalized spacial score (nSPS) is 11.5. The van der Waals surface area contributed by atoms with Gasteiger partial charge in [0.15, 0.2) is 5.71 Å². The first-order chi connectivity index (χ1) is 11.3. The molecule has 0 amide bonds. The van der Waals surface area contributed by atoms with E-state index in [1.165, 1.54) is 26.4 Å². The van der Waals surface area contributed by atoms with E-state index < -0.39 is 11.6 Å². The number of thiocarbonyl (C=S) groups is 1. The fourth-order valence-corrected chi connectivity index (χ4v) is 3.09. The van der Waals surface area contributed by atoms with Crippen LogP contribution in [0.25, 0.3) is 0 Å². The summed E-state index contributed by atoms with van der Waals surface area (Å²) < 4.78 is 9.99. The van der Waals surface area contributed by atoms with Gasteiger partial charge in [0.2, 0.25) is 0 Å². The highest BCUT2D eigenvalue weighted by Gasteiger charge is 2.20. The number of nitrogens with one attached hydrogen (secondary N) is 2. The molecule has 0 aromatic heterocycles. The van der Waals surface area contributed by atoms with E-state index in [0.717, 1.165) is 6.07 Å². The van der Waals surface area contributed by atoms with Gasteiger partial charge in [-0.15, -0.1) is 0 Å². The number of nitriles is 1. The summed E-state index contributed by atoms with van der Waals surface area (Å²) in [6.45, 7) is -2.87. The number of hydrazone groups is 1. The third-order valence-electron chi connectivity index (χ3n) is 2.48. The average Bonchev–Trinajstić information content (AvgIpc) is 2.56. The highest BCUT2D eigenvalue weighted by molar-refractivity contribution is 8.09. The van der Waals surface area contributed by atoms with Crippen LogP contribution in [0.4, 0.5) is 11.4 Å². The minimum atomic E-state index is -2.87. The van der Waals surface area contributed by atoms with Crippen LogP contribution in [0, 0.1) is 21.4 Å². The van der Waals surface area contributed by atoms with Crippen molar-refractivity contribution < 1.29 is 14.0 Å². The highest BCUT2D eigenvalue weighted by Crippen LogP contribution is 2.41. The Hall–Kier alpha value is -1.67. The molecule has 0 fully saturated rings. The van der Waals surface area contributed by atoms with Gasteiger partial charge in [-0.2, -0.15) is 10.4 Å². The predicted molar refractivity (Wildman–Crippen MR) is 98.8 cm³/mol. The lowest BCUT2D eigenvalue weighted by molar-refractivity contribution is -0.383. The Labute approximate surface area is 153 Å². The number of benzene rings is 1. The van der Waals surface area contributed by atoms with Gasteiger partial charge in [0.05, 0.1) is 4.92 Å². The van der Waals surface area contributed by atoms with Gasteiger partial charge < -0.3 is 14.1 Å². The third kappa shape index (κ3) is 5.45. The van der Waals surface area contributed by atoms with Crippen molar-refractivity contribution in [3.63, 3.8) is 0 Å². The maximum absolute atomic E-state index is 11.0. The molecule has 0 atom stereocenters. The van der Waals surface area contributed by atoms with E-state index in [1.54, 1.807) is 6.07 Å². The van der Waals surface area contributed by atoms with Crippen LogP contribution in [0.15, 0.2) is 23.3 Å². The monoisotopic (exact) mass is 407 g/mol. The quantitative estimate of drug-likeness (QED) is 0.231. The van der Waals surface area contributed by atoms with Crippen molar-refractivity contribution in [2.45, 2.75) is 0 Å². The van der Waals surface area contributed by atoms with Crippen LogP contribution in [-0.4, -0.2) is 29.8 Å². The number of nitro benzene ring substituents is 1. The van der Waals surface area contributed by atoms with Crippen molar-refractivity contribution in [2.24, 2.45) is 5.10 Å². The van der Waals surface area contributed by atoms with Crippen LogP contribution in [0.2, 0.25) is 5.02 Å². The number of halogens is 1. The summed E-state index contributed by atoms with van der Waals surface area (Å²) >= 11 is 15.8. The van der Waals surface area contributed by atoms with E-state index in [1.807, 2.05) is 0 Å². The number of rotatable bonds is 7. The Morgan fingerprint density at radius 3 is 2.62 bits per heavy atom. The molecule has 0 bridgehead atoms. The second-order valence-corrected chi connectivity index (χ2v) is 8.14. The molecule has 0 heterocycles. The van der Waals surface area contributed by atoms with Gasteiger partial charge in [-0.3, -0.25) is 15.5 Å². The molecule has 0 unspecified atom stereocenters. The Kier molecular flexibility index (Phi) is 7.62. The fourth-order valence-electron chi connectivity index (χ4n) is 1.34. The summed E-state index contributed by atoms with van der Waals surface area (Å²) in [7, 11) is 2.66. The molecule has 1 rings (SSSR count). The second-order valence-electron chi connectivity index (χ2n) is 3.91. The van der Waals surface area contributed by atoms with Gasteiger partial charge in [-0.25, -0.2) is 0 Å². The number of hydrogen-bond donors (Lipinski definition) is 2. The number of nitrogens with zero attached hydrogens (tertiary/aromatic N) is 3.